The second kappa shape index (κ2) is 4.04. The summed E-state index contributed by atoms with van der Waals surface area (Å²) >= 11 is 0. The maximum absolute atomic E-state index is 11.0. The Balaban J connectivity index is 2.33. The predicted octanol–water partition coefficient (Wildman–Crippen LogP) is 2.21. The van der Waals surface area contributed by atoms with Gasteiger partial charge >= 0.3 is 0 Å². The molecule has 1 unspecified atom stereocenters. The Morgan fingerprint density at radius 2 is 2.24 bits per heavy atom. The Bertz CT molecular complexity index is 455. The SMILES string of the molecule is CC(=O)Nc1ccc2c(c1)C(N)CC(C)(C)O2. The molecular formula is C13H18N2O2. The number of fused-ring (bicyclic) bond motifs is 1. The second-order valence-corrected chi connectivity index (χ2v) is 5.11. The molecule has 2 rings (SSSR count). The molecule has 1 atom stereocenters. The van der Waals surface area contributed by atoms with E-state index in [1.807, 2.05) is 32.0 Å². The minimum absolute atomic E-state index is 0.0533. The first kappa shape index (κ1) is 11.9. The fourth-order valence-electron chi connectivity index (χ4n) is 2.19. The number of amides is 1. The lowest BCUT2D eigenvalue weighted by molar-refractivity contribution is -0.114. The molecule has 0 saturated heterocycles. The number of ether oxygens (including phenoxy) is 1. The van der Waals surface area contributed by atoms with Gasteiger partial charge in [-0.2, -0.15) is 0 Å². The summed E-state index contributed by atoms with van der Waals surface area (Å²) in [5.41, 5.74) is 7.61. The van der Waals surface area contributed by atoms with Crippen molar-refractivity contribution >= 4 is 11.6 Å². The molecule has 1 aliphatic heterocycles. The summed E-state index contributed by atoms with van der Waals surface area (Å²) in [5, 5.41) is 2.75. The lowest BCUT2D eigenvalue weighted by atomic mass is 9.90. The third-order valence-corrected chi connectivity index (χ3v) is 2.83. The Morgan fingerprint density at radius 1 is 1.53 bits per heavy atom. The quantitative estimate of drug-likeness (QED) is 0.783. The van der Waals surface area contributed by atoms with Crippen LogP contribution >= 0.6 is 0 Å². The van der Waals surface area contributed by atoms with Gasteiger partial charge in [-0.15, -0.1) is 0 Å². The van der Waals surface area contributed by atoms with Gasteiger partial charge in [0.25, 0.3) is 0 Å². The molecule has 1 aromatic carbocycles. The van der Waals surface area contributed by atoms with E-state index >= 15 is 0 Å². The van der Waals surface area contributed by atoms with Crippen LogP contribution in [0.25, 0.3) is 0 Å². The number of nitrogens with one attached hydrogen (secondary N) is 1. The molecule has 1 amide bonds. The number of benzene rings is 1. The summed E-state index contributed by atoms with van der Waals surface area (Å²) in [4.78, 5) is 11.0. The van der Waals surface area contributed by atoms with Crippen molar-refractivity contribution in [3.05, 3.63) is 23.8 Å². The topological polar surface area (TPSA) is 64.4 Å². The Labute approximate surface area is 101 Å². The van der Waals surface area contributed by atoms with E-state index in [-0.39, 0.29) is 17.6 Å². The highest BCUT2D eigenvalue weighted by Crippen LogP contribution is 2.39. The molecule has 0 aliphatic carbocycles. The van der Waals surface area contributed by atoms with Crippen molar-refractivity contribution in [2.45, 2.75) is 38.8 Å². The number of rotatable bonds is 1. The van der Waals surface area contributed by atoms with Gasteiger partial charge in [0, 0.05) is 30.6 Å². The third-order valence-electron chi connectivity index (χ3n) is 2.83. The van der Waals surface area contributed by atoms with Gasteiger partial charge in [-0.05, 0) is 32.0 Å². The van der Waals surface area contributed by atoms with Crippen molar-refractivity contribution in [1.29, 1.82) is 0 Å². The number of carbonyl (C=O) groups is 1. The second-order valence-electron chi connectivity index (χ2n) is 5.11. The van der Waals surface area contributed by atoms with Crippen LogP contribution in [0.3, 0.4) is 0 Å². The number of hydrogen-bond acceptors (Lipinski definition) is 3. The summed E-state index contributed by atoms with van der Waals surface area (Å²) in [5.74, 6) is 0.721. The first-order chi connectivity index (χ1) is 7.87. The van der Waals surface area contributed by atoms with Crippen molar-refractivity contribution < 1.29 is 9.53 Å². The van der Waals surface area contributed by atoms with Crippen LogP contribution in [-0.4, -0.2) is 11.5 Å². The van der Waals surface area contributed by atoms with Crippen LogP contribution < -0.4 is 15.8 Å². The molecule has 4 nitrogen and oxygen atoms in total. The first-order valence-electron chi connectivity index (χ1n) is 5.73. The van der Waals surface area contributed by atoms with E-state index in [1.54, 1.807) is 0 Å². The van der Waals surface area contributed by atoms with Crippen molar-refractivity contribution in [2.75, 3.05) is 5.32 Å². The summed E-state index contributed by atoms with van der Waals surface area (Å²) in [7, 11) is 0. The Hall–Kier alpha value is -1.55. The fraction of sp³-hybridized carbons (Fsp3) is 0.462. The van der Waals surface area contributed by atoms with Crippen LogP contribution in [0.4, 0.5) is 5.69 Å². The van der Waals surface area contributed by atoms with Crippen molar-refractivity contribution in [1.82, 2.24) is 0 Å². The molecule has 1 heterocycles. The van der Waals surface area contributed by atoms with E-state index in [0.717, 1.165) is 23.4 Å². The zero-order chi connectivity index (χ0) is 12.6. The van der Waals surface area contributed by atoms with Gasteiger partial charge < -0.3 is 15.8 Å². The van der Waals surface area contributed by atoms with Gasteiger partial charge in [0.05, 0.1) is 0 Å². The van der Waals surface area contributed by atoms with E-state index in [9.17, 15) is 4.79 Å². The first-order valence-corrected chi connectivity index (χ1v) is 5.73. The summed E-state index contributed by atoms with van der Waals surface area (Å²) < 4.78 is 5.86. The lowest BCUT2D eigenvalue weighted by Crippen LogP contribution is -2.37. The molecule has 1 aliphatic rings. The maximum atomic E-state index is 11.0. The Morgan fingerprint density at radius 3 is 2.88 bits per heavy atom. The molecule has 0 bridgehead atoms. The minimum atomic E-state index is -0.234. The number of nitrogens with two attached hydrogens (primary N) is 1. The van der Waals surface area contributed by atoms with Crippen LogP contribution in [0, 0.1) is 0 Å². The van der Waals surface area contributed by atoms with Crippen LogP contribution in [0.5, 0.6) is 5.75 Å². The average molecular weight is 234 g/mol. The molecular weight excluding hydrogens is 216 g/mol. The minimum Gasteiger partial charge on any atom is -0.487 e. The molecule has 3 N–H and O–H groups in total. The van der Waals surface area contributed by atoms with Crippen LogP contribution in [0.15, 0.2) is 18.2 Å². The smallest absolute Gasteiger partial charge is 0.221 e. The molecule has 0 radical (unpaired) electrons. The van der Waals surface area contributed by atoms with Gasteiger partial charge in [0.2, 0.25) is 5.91 Å². The maximum Gasteiger partial charge on any atom is 0.221 e. The van der Waals surface area contributed by atoms with Crippen molar-refractivity contribution in [3.63, 3.8) is 0 Å². The zero-order valence-electron chi connectivity index (χ0n) is 10.4. The van der Waals surface area contributed by atoms with Gasteiger partial charge in [0.1, 0.15) is 11.4 Å². The largest absolute Gasteiger partial charge is 0.487 e. The van der Waals surface area contributed by atoms with Crippen molar-refractivity contribution in [2.24, 2.45) is 5.73 Å². The normalized spacial score (nSPS) is 21.3. The van der Waals surface area contributed by atoms with Gasteiger partial charge in [-0.3, -0.25) is 4.79 Å². The number of hydrogen-bond donors (Lipinski definition) is 2. The molecule has 0 fully saturated rings. The van der Waals surface area contributed by atoms with Gasteiger partial charge in [-0.25, -0.2) is 0 Å². The van der Waals surface area contributed by atoms with E-state index < -0.39 is 0 Å². The highest BCUT2D eigenvalue weighted by molar-refractivity contribution is 5.88. The van der Waals surface area contributed by atoms with E-state index in [4.69, 9.17) is 10.5 Å². The standard InChI is InChI=1S/C13H18N2O2/c1-8(16)15-9-4-5-12-10(6-9)11(14)7-13(2,3)17-12/h4-6,11H,7,14H2,1-3H3,(H,15,16). The monoisotopic (exact) mass is 234 g/mol. The summed E-state index contributed by atoms with van der Waals surface area (Å²) in [6.07, 6.45) is 0.767. The molecule has 0 spiro atoms. The Kier molecular flexibility index (Phi) is 2.83. The van der Waals surface area contributed by atoms with E-state index in [2.05, 4.69) is 5.32 Å². The van der Waals surface area contributed by atoms with Crippen LogP contribution in [0.1, 0.15) is 38.8 Å². The molecule has 92 valence electrons. The van der Waals surface area contributed by atoms with E-state index in [1.165, 1.54) is 6.92 Å². The lowest BCUT2D eigenvalue weighted by Gasteiger charge is -2.36. The molecule has 0 aromatic heterocycles. The fourth-order valence-corrected chi connectivity index (χ4v) is 2.19. The number of carbonyl (C=O) groups excluding carboxylic acids is 1. The van der Waals surface area contributed by atoms with Crippen molar-refractivity contribution in [3.8, 4) is 5.75 Å². The van der Waals surface area contributed by atoms with Gasteiger partial charge in [0.15, 0.2) is 0 Å². The third kappa shape index (κ3) is 2.58. The highest BCUT2D eigenvalue weighted by Gasteiger charge is 2.31. The summed E-state index contributed by atoms with van der Waals surface area (Å²) in [6, 6.07) is 5.52. The molecule has 17 heavy (non-hydrogen) atoms. The van der Waals surface area contributed by atoms with Gasteiger partial charge in [-0.1, -0.05) is 0 Å². The average Bonchev–Trinajstić information content (AvgIpc) is 2.16. The highest BCUT2D eigenvalue weighted by atomic mass is 16.5. The zero-order valence-corrected chi connectivity index (χ0v) is 10.4. The van der Waals surface area contributed by atoms with Crippen LogP contribution in [-0.2, 0) is 4.79 Å². The van der Waals surface area contributed by atoms with Crippen LogP contribution in [0.2, 0.25) is 0 Å². The predicted molar refractivity (Wildman–Crippen MR) is 67.0 cm³/mol. The molecule has 1 aromatic rings. The number of anilines is 1. The molecule has 0 saturated carbocycles. The molecule has 4 heteroatoms. The van der Waals surface area contributed by atoms with E-state index in [0.29, 0.717) is 0 Å². The summed E-state index contributed by atoms with van der Waals surface area (Å²) in [6.45, 7) is 5.54.